The van der Waals surface area contributed by atoms with Crippen LogP contribution in [0.5, 0.6) is 0 Å². The molecule has 0 aromatic carbocycles. The highest BCUT2D eigenvalue weighted by Gasteiger charge is 2.02. The molecule has 1 aromatic heterocycles. The predicted molar refractivity (Wildman–Crippen MR) is 47.4 cm³/mol. The number of hydrogen-bond acceptors (Lipinski definition) is 3. The van der Waals surface area contributed by atoms with Crippen molar-refractivity contribution in [3.63, 3.8) is 0 Å². The number of nitrogens with zero attached hydrogens (tertiary/aromatic N) is 1. The Balaban J connectivity index is 2.59. The number of hydrogen-bond donors (Lipinski definition) is 1. The van der Waals surface area contributed by atoms with Crippen molar-refractivity contribution in [2.24, 2.45) is 5.73 Å². The van der Waals surface area contributed by atoms with Crippen LogP contribution in [0.15, 0.2) is 5.38 Å². The molecule has 0 bridgehead atoms. The molecule has 2 N–H and O–H groups in total. The first-order valence-corrected chi connectivity index (χ1v) is 4.23. The molecule has 0 amide bonds. The molecule has 0 fully saturated rings. The van der Waals surface area contributed by atoms with Gasteiger partial charge in [0.2, 0.25) is 0 Å². The van der Waals surface area contributed by atoms with Crippen molar-refractivity contribution in [2.45, 2.75) is 19.4 Å². The summed E-state index contributed by atoms with van der Waals surface area (Å²) in [6, 6.07) is -0.198. The molecule has 0 aliphatic carbocycles. The van der Waals surface area contributed by atoms with Crippen molar-refractivity contribution in [1.82, 2.24) is 4.98 Å². The summed E-state index contributed by atoms with van der Waals surface area (Å²) in [6.07, 6.45) is 5.81. The van der Waals surface area contributed by atoms with E-state index in [1.165, 1.54) is 0 Å². The number of rotatable bonds is 2. The molecule has 3 heteroatoms. The second-order valence-electron chi connectivity index (χ2n) is 2.34. The van der Waals surface area contributed by atoms with Gasteiger partial charge in [-0.2, -0.15) is 0 Å². The highest BCUT2D eigenvalue weighted by atomic mass is 32.1. The van der Waals surface area contributed by atoms with Gasteiger partial charge in [0.25, 0.3) is 0 Å². The minimum absolute atomic E-state index is 0.198. The van der Waals surface area contributed by atoms with Gasteiger partial charge in [-0.05, 0) is 6.92 Å². The minimum atomic E-state index is -0.198. The van der Waals surface area contributed by atoms with Gasteiger partial charge in [0, 0.05) is 11.8 Å². The predicted octanol–water partition coefficient (Wildman–Crippen LogP) is 0.955. The van der Waals surface area contributed by atoms with Gasteiger partial charge < -0.3 is 5.73 Å². The third kappa shape index (κ3) is 2.34. The van der Waals surface area contributed by atoms with Gasteiger partial charge in [-0.15, -0.1) is 17.8 Å². The van der Waals surface area contributed by atoms with E-state index in [1.807, 2.05) is 12.3 Å². The van der Waals surface area contributed by atoms with E-state index >= 15 is 0 Å². The summed E-state index contributed by atoms with van der Waals surface area (Å²) in [5.41, 5.74) is 6.54. The van der Waals surface area contributed by atoms with Crippen molar-refractivity contribution >= 4 is 11.3 Å². The van der Waals surface area contributed by atoms with E-state index in [1.54, 1.807) is 11.3 Å². The zero-order valence-electron chi connectivity index (χ0n) is 6.37. The molecule has 1 unspecified atom stereocenters. The van der Waals surface area contributed by atoms with Crippen molar-refractivity contribution < 1.29 is 0 Å². The van der Waals surface area contributed by atoms with E-state index in [9.17, 15) is 0 Å². The summed E-state index contributed by atoms with van der Waals surface area (Å²) in [6.45, 7) is 1.97. The molecule has 0 spiro atoms. The molecular weight excluding hydrogens is 156 g/mol. The molecule has 1 rings (SSSR count). The Morgan fingerprint density at radius 3 is 3.09 bits per heavy atom. The Morgan fingerprint density at radius 2 is 2.64 bits per heavy atom. The molecule has 0 aliphatic rings. The van der Waals surface area contributed by atoms with Crippen LogP contribution in [0, 0.1) is 19.3 Å². The molecule has 58 valence electrons. The third-order valence-corrected chi connectivity index (χ3v) is 2.13. The highest BCUT2D eigenvalue weighted by molar-refractivity contribution is 7.09. The van der Waals surface area contributed by atoms with Crippen molar-refractivity contribution in [3.05, 3.63) is 16.1 Å². The Morgan fingerprint density at radius 1 is 1.91 bits per heavy atom. The first-order chi connectivity index (χ1) is 5.22. The lowest BCUT2D eigenvalue weighted by Crippen LogP contribution is -2.20. The van der Waals surface area contributed by atoms with Crippen LogP contribution in [0.2, 0.25) is 0 Å². The van der Waals surface area contributed by atoms with Gasteiger partial charge in [-0.1, -0.05) is 5.92 Å². The minimum Gasteiger partial charge on any atom is -0.317 e. The fourth-order valence-corrected chi connectivity index (χ4v) is 1.41. The van der Waals surface area contributed by atoms with Gasteiger partial charge in [0.1, 0.15) is 0 Å². The monoisotopic (exact) mass is 166 g/mol. The van der Waals surface area contributed by atoms with E-state index in [2.05, 4.69) is 10.9 Å². The average molecular weight is 166 g/mol. The molecular formula is C8H10N2S. The fraction of sp³-hybridized carbons (Fsp3) is 0.375. The van der Waals surface area contributed by atoms with Crippen molar-refractivity contribution in [3.8, 4) is 12.3 Å². The average Bonchev–Trinajstić information content (AvgIpc) is 2.35. The van der Waals surface area contributed by atoms with Crippen LogP contribution in [0.3, 0.4) is 0 Å². The van der Waals surface area contributed by atoms with Crippen LogP contribution in [0.4, 0.5) is 0 Å². The Bertz CT molecular complexity index is 272. The number of terminal acetylenes is 1. The molecule has 0 radical (unpaired) electrons. The van der Waals surface area contributed by atoms with Crippen LogP contribution in [-0.2, 0) is 6.42 Å². The van der Waals surface area contributed by atoms with E-state index in [4.69, 9.17) is 12.2 Å². The van der Waals surface area contributed by atoms with Crippen LogP contribution in [-0.4, -0.2) is 11.0 Å². The number of nitrogens with two attached hydrogens (primary N) is 1. The Kier molecular flexibility index (Phi) is 2.64. The molecule has 1 atom stereocenters. The lowest BCUT2D eigenvalue weighted by atomic mass is 10.2. The molecule has 2 nitrogen and oxygen atoms in total. The molecule has 0 saturated carbocycles. The molecule has 11 heavy (non-hydrogen) atoms. The topological polar surface area (TPSA) is 38.9 Å². The highest BCUT2D eigenvalue weighted by Crippen LogP contribution is 2.08. The van der Waals surface area contributed by atoms with Gasteiger partial charge >= 0.3 is 0 Å². The van der Waals surface area contributed by atoms with E-state index in [-0.39, 0.29) is 6.04 Å². The molecule has 1 aromatic rings. The number of thiazole rings is 1. The maximum Gasteiger partial charge on any atom is 0.0897 e. The van der Waals surface area contributed by atoms with E-state index in [0.717, 1.165) is 10.7 Å². The van der Waals surface area contributed by atoms with Gasteiger partial charge in [0.15, 0.2) is 0 Å². The van der Waals surface area contributed by atoms with Crippen LogP contribution >= 0.6 is 11.3 Å². The lowest BCUT2D eigenvalue weighted by Gasteiger charge is -1.98. The zero-order valence-corrected chi connectivity index (χ0v) is 7.19. The summed E-state index contributed by atoms with van der Waals surface area (Å²) in [7, 11) is 0. The molecule has 1 heterocycles. The van der Waals surface area contributed by atoms with Gasteiger partial charge in [-0.25, -0.2) is 4.98 Å². The SMILES string of the molecule is C#CC(N)Cc1csc(C)n1. The first kappa shape index (κ1) is 8.25. The Labute approximate surface area is 70.5 Å². The summed E-state index contributed by atoms with van der Waals surface area (Å²) in [5, 5.41) is 3.05. The van der Waals surface area contributed by atoms with Crippen LogP contribution in [0.25, 0.3) is 0 Å². The smallest absolute Gasteiger partial charge is 0.0897 e. The number of aryl methyl sites for hydroxylation is 1. The van der Waals surface area contributed by atoms with Crippen molar-refractivity contribution in [1.29, 1.82) is 0 Å². The largest absolute Gasteiger partial charge is 0.317 e. The normalized spacial score (nSPS) is 12.5. The van der Waals surface area contributed by atoms with Crippen LogP contribution in [0.1, 0.15) is 10.7 Å². The summed E-state index contributed by atoms with van der Waals surface area (Å²) >= 11 is 1.62. The second-order valence-corrected chi connectivity index (χ2v) is 3.40. The lowest BCUT2D eigenvalue weighted by molar-refractivity contribution is 0.814. The maximum atomic E-state index is 5.54. The number of aromatic nitrogens is 1. The summed E-state index contributed by atoms with van der Waals surface area (Å²) in [4.78, 5) is 4.24. The van der Waals surface area contributed by atoms with Crippen molar-refractivity contribution in [2.75, 3.05) is 0 Å². The van der Waals surface area contributed by atoms with Gasteiger partial charge in [0.05, 0.1) is 16.7 Å². The summed E-state index contributed by atoms with van der Waals surface area (Å²) < 4.78 is 0. The second kappa shape index (κ2) is 3.51. The van der Waals surface area contributed by atoms with Crippen LogP contribution < -0.4 is 5.73 Å². The summed E-state index contributed by atoms with van der Waals surface area (Å²) in [5.74, 6) is 2.47. The Hall–Kier alpha value is -0.850. The fourth-order valence-electron chi connectivity index (χ4n) is 0.786. The van der Waals surface area contributed by atoms with E-state index < -0.39 is 0 Å². The van der Waals surface area contributed by atoms with Gasteiger partial charge in [-0.3, -0.25) is 0 Å². The maximum absolute atomic E-state index is 5.54. The molecule has 0 aliphatic heterocycles. The standard InChI is InChI=1S/C8H10N2S/c1-3-7(9)4-8-5-11-6(2)10-8/h1,5,7H,4,9H2,2H3. The first-order valence-electron chi connectivity index (χ1n) is 3.35. The third-order valence-electron chi connectivity index (χ3n) is 1.31. The molecule has 0 saturated heterocycles. The quantitative estimate of drug-likeness (QED) is 0.664. The zero-order chi connectivity index (χ0) is 8.27. The van der Waals surface area contributed by atoms with E-state index in [0.29, 0.717) is 6.42 Å².